The maximum absolute atomic E-state index is 12.6. The summed E-state index contributed by atoms with van der Waals surface area (Å²) in [6.45, 7) is 7.60. The van der Waals surface area contributed by atoms with Gasteiger partial charge in [-0.15, -0.1) is 0 Å². The molecule has 0 saturated carbocycles. The van der Waals surface area contributed by atoms with Crippen LogP contribution >= 0.6 is 0 Å². The summed E-state index contributed by atoms with van der Waals surface area (Å²) in [6, 6.07) is 10.7. The topological polar surface area (TPSA) is 66.5 Å². The number of hydrogen-bond donors (Lipinski definition) is 1. The van der Waals surface area contributed by atoms with Gasteiger partial charge >= 0.3 is 0 Å². The van der Waals surface area contributed by atoms with Gasteiger partial charge in [0, 0.05) is 12.7 Å². The molecule has 0 unspecified atom stereocenters. The predicted molar refractivity (Wildman–Crippen MR) is 105 cm³/mol. The summed E-state index contributed by atoms with van der Waals surface area (Å²) in [5.74, 6) is -0.365. The van der Waals surface area contributed by atoms with Gasteiger partial charge < -0.3 is 5.32 Å². The summed E-state index contributed by atoms with van der Waals surface area (Å²) < 4.78 is 26.4. The quantitative estimate of drug-likeness (QED) is 0.842. The second kappa shape index (κ2) is 8.01. The van der Waals surface area contributed by atoms with Crippen LogP contribution in [0.25, 0.3) is 0 Å². The Morgan fingerprint density at radius 1 is 1.04 bits per heavy atom. The van der Waals surface area contributed by atoms with E-state index in [0.717, 1.165) is 38.7 Å². The summed E-state index contributed by atoms with van der Waals surface area (Å²) in [7, 11) is -2.29. The van der Waals surface area contributed by atoms with E-state index in [4.69, 9.17) is 0 Å². The fraction of sp³-hybridized carbons (Fsp3) is 0.350. The van der Waals surface area contributed by atoms with Gasteiger partial charge in [-0.2, -0.15) is 4.31 Å². The molecule has 2 aromatic carbocycles. The van der Waals surface area contributed by atoms with E-state index < -0.39 is 10.0 Å². The van der Waals surface area contributed by atoms with Crippen molar-refractivity contribution in [1.29, 1.82) is 0 Å². The number of carbonyl (C=O) groups is 1. The van der Waals surface area contributed by atoms with Gasteiger partial charge in [-0.1, -0.05) is 36.8 Å². The molecule has 0 aromatic heterocycles. The van der Waals surface area contributed by atoms with Crippen LogP contribution in [0, 0.1) is 20.8 Å². The lowest BCUT2D eigenvalue weighted by atomic mass is 10.1. The number of nitrogens with zero attached hydrogens (tertiary/aromatic N) is 1. The standard InChI is InChI=1S/C20H26N2O3S/c1-6-17-7-9-18(10-8-17)26(24,25)22(5)13-19(23)21-20-15(3)11-14(2)12-16(20)4/h7-12H,6,13H2,1-5H3,(H,21,23). The number of amides is 1. The maximum Gasteiger partial charge on any atom is 0.243 e. The van der Waals surface area contributed by atoms with E-state index in [9.17, 15) is 13.2 Å². The van der Waals surface area contributed by atoms with Crippen LogP contribution in [-0.2, 0) is 21.2 Å². The van der Waals surface area contributed by atoms with Crippen molar-refractivity contribution < 1.29 is 13.2 Å². The van der Waals surface area contributed by atoms with E-state index in [1.54, 1.807) is 24.3 Å². The molecule has 0 bridgehead atoms. The normalized spacial score (nSPS) is 11.6. The SMILES string of the molecule is CCc1ccc(S(=O)(=O)N(C)CC(=O)Nc2c(C)cc(C)cc2C)cc1. The van der Waals surface area contributed by atoms with Crippen LogP contribution < -0.4 is 5.32 Å². The number of aryl methyl sites for hydroxylation is 4. The minimum absolute atomic E-state index is 0.188. The second-order valence-electron chi connectivity index (χ2n) is 6.58. The fourth-order valence-electron chi connectivity index (χ4n) is 2.92. The monoisotopic (exact) mass is 374 g/mol. The average Bonchev–Trinajstić information content (AvgIpc) is 2.58. The summed E-state index contributed by atoms with van der Waals surface area (Å²) in [6.07, 6.45) is 0.841. The first kappa shape index (κ1) is 20.1. The number of likely N-dealkylation sites (N-methyl/N-ethyl adjacent to an activating group) is 1. The second-order valence-corrected chi connectivity index (χ2v) is 8.63. The zero-order valence-corrected chi connectivity index (χ0v) is 16.8. The Bertz CT molecular complexity index is 880. The number of rotatable bonds is 6. The molecular weight excluding hydrogens is 348 g/mol. The number of sulfonamides is 1. The Morgan fingerprint density at radius 3 is 2.08 bits per heavy atom. The smallest absolute Gasteiger partial charge is 0.243 e. The van der Waals surface area contributed by atoms with Crippen LogP contribution in [0.2, 0.25) is 0 Å². The van der Waals surface area contributed by atoms with Crippen molar-refractivity contribution in [2.24, 2.45) is 0 Å². The highest BCUT2D eigenvalue weighted by molar-refractivity contribution is 7.89. The Hall–Kier alpha value is -2.18. The summed E-state index contributed by atoms with van der Waals surface area (Å²) in [5.41, 5.74) is 4.83. The molecule has 0 radical (unpaired) electrons. The third-order valence-corrected chi connectivity index (χ3v) is 6.17. The molecule has 6 heteroatoms. The Labute approximate surface area is 156 Å². The molecule has 26 heavy (non-hydrogen) atoms. The third kappa shape index (κ3) is 4.51. The van der Waals surface area contributed by atoms with Crippen LogP contribution in [0.15, 0.2) is 41.3 Å². The van der Waals surface area contributed by atoms with E-state index in [1.165, 1.54) is 7.05 Å². The highest BCUT2D eigenvalue weighted by Crippen LogP contribution is 2.22. The van der Waals surface area contributed by atoms with Crippen molar-refractivity contribution in [2.45, 2.75) is 39.0 Å². The molecule has 0 aliphatic rings. The minimum atomic E-state index is -3.71. The van der Waals surface area contributed by atoms with Crippen LogP contribution in [-0.4, -0.2) is 32.2 Å². The maximum atomic E-state index is 12.6. The average molecular weight is 375 g/mol. The van der Waals surface area contributed by atoms with Crippen LogP contribution in [0.5, 0.6) is 0 Å². The van der Waals surface area contributed by atoms with Crippen molar-refractivity contribution >= 4 is 21.6 Å². The van der Waals surface area contributed by atoms with Gasteiger partial charge in [0.05, 0.1) is 11.4 Å². The third-order valence-electron chi connectivity index (χ3n) is 4.35. The lowest BCUT2D eigenvalue weighted by Gasteiger charge is -2.18. The molecule has 2 aromatic rings. The van der Waals surface area contributed by atoms with Crippen molar-refractivity contribution in [3.63, 3.8) is 0 Å². The first-order chi connectivity index (χ1) is 12.1. The fourth-order valence-corrected chi connectivity index (χ4v) is 4.05. The molecule has 140 valence electrons. The number of hydrogen-bond acceptors (Lipinski definition) is 3. The lowest BCUT2D eigenvalue weighted by molar-refractivity contribution is -0.116. The molecule has 0 saturated heterocycles. The van der Waals surface area contributed by atoms with Gasteiger partial charge in [-0.3, -0.25) is 4.79 Å². The Balaban J connectivity index is 2.13. The van der Waals surface area contributed by atoms with Crippen LogP contribution in [0.1, 0.15) is 29.2 Å². The largest absolute Gasteiger partial charge is 0.324 e. The molecular formula is C20H26N2O3S. The zero-order chi connectivity index (χ0) is 19.5. The molecule has 0 aliphatic carbocycles. The van der Waals surface area contributed by atoms with Gasteiger partial charge in [0.15, 0.2) is 0 Å². The molecule has 0 heterocycles. The van der Waals surface area contributed by atoms with Crippen molar-refractivity contribution in [3.8, 4) is 0 Å². The van der Waals surface area contributed by atoms with E-state index in [-0.39, 0.29) is 17.3 Å². The Kier molecular flexibility index (Phi) is 6.21. The molecule has 0 aliphatic heterocycles. The highest BCUT2D eigenvalue weighted by atomic mass is 32.2. The van der Waals surface area contributed by atoms with Gasteiger partial charge in [0.1, 0.15) is 0 Å². The van der Waals surface area contributed by atoms with Crippen molar-refractivity contribution in [1.82, 2.24) is 4.31 Å². The summed E-state index contributed by atoms with van der Waals surface area (Å²) in [5, 5.41) is 2.83. The van der Waals surface area contributed by atoms with Crippen molar-refractivity contribution in [2.75, 3.05) is 18.9 Å². The number of carbonyl (C=O) groups excluding carboxylic acids is 1. The highest BCUT2D eigenvalue weighted by Gasteiger charge is 2.23. The zero-order valence-electron chi connectivity index (χ0n) is 16.0. The van der Waals surface area contributed by atoms with Gasteiger partial charge in [-0.25, -0.2) is 8.42 Å². The molecule has 5 nitrogen and oxygen atoms in total. The first-order valence-corrected chi connectivity index (χ1v) is 10.0. The summed E-state index contributed by atoms with van der Waals surface area (Å²) >= 11 is 0. The van der Waals surface area contributed by atoms with Gasteiger partial charge in [-0.05, 0) is 56.0 Å². The molecule has 0 atom stereocenters. The molecule has 1 N–H and O–H groups in total. The number of anilines is 1. The van der Waals surface area contributed by atoms with Gasteiger partial charge in [0.2, 0.25) is 15.9 Å². The number of nitrogens with one attached hydrogen (secondary N) is 1. The Morgan fingerprint density at radius 2 is 1.58 bits per heavy atom. The van der Waals surface area contributed by atoms with E-state index >= 15 is 0 Å². The number of benzene rings is 2. The van der Waals surface area contributed by atoms with Gasteiger partial charge in [0.25, 0.3) is 0 Å². The summed E-state index contributed by atoms with van der Waals surface area (Å²) in [4.78, 5) is 12.6. The van der Waals surface area contributed by atoms with Crippen LogP contribution in [0.3, 0.4) is 0 Å². The minimum Gasteiger partial charge on any atom is -0.324 e. The lowest BCUT2D eigenvalue weighted by Crippen LogP contribution is -2.35. The first-order valence-electron chi connectivity index (χ1n) is 8.58. The molecule has 0 spiro atoms. The van der Waals surface area contributed by atoms with Crippen LogP contribution in [0.4, 0.5) is 5.69 Å². The van der Waals surface area contributed by atoms with E-state index in [2.05, 4.69) is 5.32 Å². The van der Waals surface area contributed by atoms with E-state index in [1.807, 2.05) is 39.8 Å². The molecule has 2 rings (SSSR count). The molecule has 0 fully saturated rings. The molecule has 1 amide bonds. The van der Waals surface area contributed by atoms with Crippen molar-refractivity contribution in [3.05, 3.63) is 58.7 Å². The van der Waals surface area contributed by atoms with E-state index in [0.29, 0.717) is 0 Å². The predicted octanol–water partition coefficient (Wildman–Crippen LogP) is 3.43.